The highest BCUT2D eigenvalue weighted by Crippen LogP contribution is 2.36. The lowest BCUT2D eigenvalue weighted by atomic mass is 9.87. The molecule has 1 aromatic heterocycles. The fraction of sp³-hybridized carbons (Fsp3) is 0.227. The Morgan fingerprint density at radius 1 is 1.13 bits per heavy atom. The van der Waals surface area contributed by atoms with Gasteiger partial charge in [0.05, 0.1) is 5.56 Å². The van der Waals surface area contributed by atoms with E-state index in [-0.39, 0.29) is 23.8 Å². The number of rotatable bonds is 5. The Balaban J connectivity index is 1.68. The molecule has 1 amide bonds. The third-order valence-electron chi connectivity index (χ3n) is 5.10. The van der Waals surface area contributed by atoms with E-state index in [0.717, 1.165) is 16.0 Å². The van der Waals surface area contributed by atoms with E-state index in [2.05, 4.69) is 10.3 Å². The second kappa shape index (κ2) is 8.88. The molecule has 1 N–H and O–H groups in total. The van der Waals surface area contributed by atoms with Crippen molar-refractivity contribution < 1.29 is 4.79 Å². The summed E-state index contributed by atoms with van der Waals surface area (Å²) in [4.78, 5) is 30.9. The monoisotopic (exact) mass is 457 g/mol. The molecule has 30 heavy (non-hydrogen) atoms. The van der Waals surface area contributed by atoms with Gasteiger partial charge in [0.25, 0.3) is 5.56 Å². The minimum absolute atomic E-state index is 0.101. The lowest BCUT2D eigenvalue weighted by Crippen LogP contribution is -2.33. The molecule has 1 unspecified atom stereocenters. The Kier molecular flexibility index (Phi) is 6.22. The topological polar surface area (TPSA) is 64.0 Å². The van der Waals surface area contributed by atoms with Crippen molar-refractivity contribution in [3.63, 3.8) is 0 Å². The molecule has 0 saturated carbocycles. The fourth-order valence-electron chi connectivity index (χ4n) is 3.51. The van der Waals surface area contributed by atoms with Crippen LogP contribution in [0.25, 0.3) is 0 Å². The number of hydrogen-bond donors (Lipinski definition) is 1. The van der Waals surface area contributed by atoms with Gasteiger partial charge in [0, 0.05) is 35.1 Å². The number of thioether (sulfide) groups is 2. The van der Waals surface area contributed by atoms with Crippen LogP contribution in [0.5, 0.6) is 0 Å². The van der Waals surface area contributed by atoms with Gasteiger partial charge in [-0.2, -0.15) is 4.98 Å². The van der Waals surface area contributed by atoms with Crippen molar-refractivity contribution in [1.29, 1.82) is 0 Å². The number of hydrogen-bond acceptors (Lipinski definition) is 5. The average molecular weight is 458 g/mol. The van der Waals surface area contributed by atoms with Crippen LogP contribution in [0.1, 0.15) is 29.0 Å². The molecule has 5 nitrogen and oxygen atoms in total. The quantitative estimate of drug-likeness (QED) is 0.435. The van der Waals surface area contributed by atoms with E-state index in [0.29, 0.717) is 27.3 Å². The van der Waals surface area contributed by atoms with Gasteiger partial charge in [-0.1, -0.05) is 47.6 Å². The van der Waals surface area contributed by atoms with E-state index >= 15 is 0 Å². The van der Waals surface area contributed by atoms with Crippen LogP contribution in [-0.2, 0) is 17.6 Å². The SMILES string of the molecule is CSc1ccc(C2CC(=O)Nc3c2c(=O)nc(SCc2ccc(Cl)cc2)n3C)cc1. The van der Waals surface area contributed by atoms with Gasteiger partial charge in [0.1, 0.15) is 5.82 Å². The largest absolute Gasteiger partial charge is 0.312 e. The first-order chi connectivity index (χ1) is 14.5. The van der Waals surface area contributed by atoms with Gasteiger partial charge < -0.3 is 9.88 Å². The van der Waals surface area contributed by atoms with Gasteiger partial charge in [-0.05, 0) is 41.6 Å². The zero-order chi connectivity index (χ0) is 21.3. The van der Waals surface area contributed by atoms with Crippen LogP contribution >= 0.6 is 35.1 Å². The van der Waals surface area contributed by atoms with E-state index < -0.39 is 0 Å². The Labute approximate surface area is 188 Å². The predicted octanol–water partition coefficient (Wildman–Crippen LogP) is 4.92. The molecule has 3 aromatic rings. The molecule has 0 aliphatic carbocycles. The second-order valence-electron chi connectivity index (χ2n) is 7.01. The Bertz CT molecular complexity index is 1140. The summed E-state index contributed by atoms with van der Waals surface area (Å²) in [7, 11) is 1.83. The van der Waals surface area contributed by atoms with Crippen LogP contribution < -0.4 is 10.9 Å². The van der Waals surface area contributed by atoms with Crippen molar-refractivity contribution >= 4 is 46.8 Å². The number of nitrogens with one attached hydrogen (secondary N) is 1. The number of anilines is 1. The molecule has 4 rings (SSSR count). The predicted molar refractivity (Wildman–Crippen MR) is 124 cm³/mol. The number of amides is 1. The summed E-state index contributed by atoms with van der Waals surface area (Å²) in [5.41, 5.74) is 2.28. The lowest BCUT2D eigenvalue weighted by molar-refractivity contribution is -0.116. The average Bonchev–Trinajstić information content (AvgIpc) is 2.75. The highest BCUT2D eigenvalue weighted by molar-refractivity contribution is 7.98. The molecule has 2 heterocycles. The number of aromatic nitrogens is 2. The first-order valence-corrected chi connectivity index (χ1v) is 12.0. The van der Waals surface area contributed by atoms with Gasteiger partial charge in [0.15, 0.2) is 5.16 Å². The molecule has 1 aliphatic heterocycles. The summed E-state index contributed by atoms with van der Waals surface area (Å²) >= 11 is 9.05. The highest BCUT2D eigenvalue weighted by Gasteiger charge is 2.32. The molecule has 0 saturated heterocycles. The van der Waals surface area contributed by atoms with E-state index in [9.17, 15) is 9.59 Å². The van der Waals surface area contributed by atoms with Crippen LogP contribution in [0, 0.1) is 0 Å². The summed E-state index contributed by atoms with van der Waals surface area (Å²) < 4.78 is 1.80. The summed E-state index contributed by atoms with van der Waals surface area (Å²) in [6.45, 7) is 0. The fourth-order valence-corrected chi connectivity index (χ4v) is 4.97. The highest BCUT2D eigenvalue weighted by atomic mass is 35.5. The van der Waals surface area contributed by atoms with Crippen LogP contribution in [-0.4, -0.2) is 21.7 Å². The van der Waals surface area contributed by atoms with E-state index in [4.69, 9.17) is 11.6 Å². The molecule has 0 radical (unpaired) electrons. The standard InChI is InChI=1S/C22H20ClN3O2S2/c1-26-20-19(17(11-18(27)24-20)14-5-9-16(29-2)10-6-14)21(28)25-22(26)30-12-13-3-7-15(23)8-4-13/h3-10,17H,11-12H2,1-2H3,(H,24,27). The van der Waals surface area contributed by atoms with Crippen molar-refractivity contribution in [1.82, 2.24) is 9.55 Å². The molecular formula is C22H20ClN3O2S2. The zero-order valence-electron chi connectivity index (χ0n) is 16.5. The molecule has 0 spiro atoms. The molecule has 8 heteroatoms. The molecule has 2 aromatic carbocycles. The van der Waals surface area contributed by atoms with Gasteiger partial charge in [-0.15, -0.1) is 11.8 Å². The maximum absolute atomic E-state index is 13.0. The molecule has 0 bridgehead atoms. The molecule has 1 aliphatic rings. The minimum atomic E-state index is -0.300. The van der Waals surface area contributed by atoms with E-state index in [1.165, 1.54) is 11.8 Å². The van der Waals surface area contributed by atoms with E-state index in [1.54, 1.807) is 16.3 Å². The minimum Gasteiger partial charge on any atom is -0.312 e. The normalized spacial score (nSPS) is 15.6. The number of halogens is 1. The van der Waals surface area contributed by atoms with Crippen molar-refractivity contribution in [2.75, 3.05) is 11.6 Å². The molecule has 1 atom stereocenters. The second-order valence-corrected chi connectivity index (χ2v) is 9.27. The smallest absolute Gasteiger partial charge is 0.279 e. The maximum Gasteiger partial charge on any atom is 0.279 e. The Morgan fingerprint density at radius 3 is 2.50 bits per heavy atom. The van der Waals surface area contributed by atoms with Gasteiger partial charge in [-0.25, -0.2) is 0 Å². The number of carbonyl (C=O) groups excluding carboxylic acids is 1. The summed E-state index contributed by atoms with van der Waals surface area (Å²) in [5, 5.41) is 4.13. The first kappa shape index (κ1) is 21.0. The van der Waals surface area contributed by atoms with Crippen molar-refractivity contribution in [3.05, 3.63) is 80.6 Å². The number of carbonyl (C=O) groups is 1. The Hall–Kier alpha value is -2.22. The molecular weight excluding hydrogens is 438 g/mol. The zero-order valence-corrected chi connectivity index (χ0v) is 18.9. The molecule has 0 fully saturated rings. The summed E-state index contributed by atoms with van der Waals surface area (Å²) in [5.74, 6) is 0.773. The van der Waals surface area contributed by atoms with E-state index in [1.807, 2.05) is 61.8 Å². The number of nitrogens with zero attached hydrogens (tertiary/aromatic N) is 2. The van der Waals surface area contributed by atoms with Crippen molar-refractivity contribution in [2.24, 2.45) is 7.05 Å². The van der Waals surface area contributed by atoms with Crippen LogP contribution in [0.2, 0.25) is 5.02 Å². The summed E-state index contributed by atoms with van der Waals surface area (Å²) in [6.07, 6.45) is 2.25. The first-order valence-electron chi connectivity index (χ1n) is 9.38. The van der Waals surface area contributed by atoms with Gasteiger partial charge >= 0.3 is 0 Å². The summed E-state index contributed by atoms with van der Waals surface area (Å²) in [6, 6.07) is 15.6. The third kappa shape index (κ3) is 4.29. The Morgan fingerprint density at radius 2 is 1.83 bits per heavy atom. The van der Waals surface area contributed by atoms with Gasteiger partial charge in [0.2, 0.25) is 5.91 Å². The number of benzene rings is 2. The van der Waals surface area contributed by atoms with Crippen molar-refractivity contribution in [3.8, 4) is 0 Å². The van der Waals surface area contributed by atoms with Crippen molar-refractivity contribution in [2.45, 2.75) is 28.1 Å². The van der Waals surface area contributed by atoms with Crippen LogP contribution in [0.3, 0.4) is 0 Å². The third-order valence-corrected chi connectivity index (χ3v) is 7.20. The van der Waals surface area contributed by atoms with Crippen LogP contribution in [0.15, 0.2) is 63.4 Å². The lowest BCUT2D eigenvalue weighted by Gasteiger charge is -2.27. The maximum atomic E-state index is 13.0. The van der Waals surface area contributed by atoms with Gasteiger partial charge in [-0.3, -0.25) is 9.59 Å². The number of fused-ring (bicyclic) bond motifs is 1. The van der Waals surface area contributed by atoms with Crippen LogP contribution in [0.4, 0.5) is 5.82 Å². The molecule has 154 valence electrons.